The first-order valence-corrected chi connectivity index (χ1v) is 9.99. The van der Waals surface area contributed by atoms with Gasteiger partial charge in [-0.1, -0.05) is 57.5 Å². The van der Waals surface area contributed by atoms with Gasteiger partial charge in [0.1, 0.15) is 0 Å². The smallest absolute Gasteiger partial charge is 0.237 e. The number of likely N-dealkylation sites (tertiary alicyclic amines) is 1. The van der Waals surface area contributed by atoms with Crippen LogP contribution in [0.1, 0.15) is 52.0 Å². The molecule has 140 valence electrons. The summed E-state index contributed by atoms with van der Waals surface area (Å²) in [6, 6.07) is 11.1. The molecule has 1 aliphatic rings. The first kappa shape index (κ1) is 19.9. The second-order valence-electron chi connectivity index (χ2n) is 7.00. The van der Waals surface area contributed by atoms with Crippen LogP contribution in [0, 0.1) is 0 Å². The Morgan fingerprint density at radius 1 is 1.20 bits per heavy atom. The number of carbonyl (C=O) groups is 1. The van der Waals surface area contributed by atoms with Crippen molar-refractivity contribution in [3.8, 4) is 0 Å². The molecule has 25 heavy (non-hydrogen) atoms. The lowest BCUT2D eigenvalue weighted by molar-refractivity contribution is -0.126. The Kier molecular flexibility index (Phi) is 8.42. The average Bonchev–Trinajstić information content (AvgIpc) is 2.66. The zero-order valence-electron chi connectivity index (χ0n) is 16.2. The molecule has 0 aromatic heterocycles. The van der Waals surface area contributed by atoms with E-state index in [9.17, 15) is 4.79 Å². The lowest BCUT2D eigenvalue weighted by atomic mass is 10.0. The highest BCUT2D eigenvalue weighted by Gasteiger charge is 2.26. The van der Waals surface area contributed by atoms with Crippen molar-refractivity contribution in [2.75, 3.05) is 26.2 Å². The highest BCUT2D eigenvalue weighted by atomic mass is 16.2. The molecule has 1 fully saturated rings. The summed E-state index contributed by atoms with van der Waals surface area (Å²) in [6.07, 6.45) is 4.56. The van der Waals surface area contributed by atoms with E-state index in [4.69, 9.17) is 0 Å². The molecule has 0 bridgehead atoms. The predicted octanol–water partition coefficient (Wildman–Crippen LogP) is 3.28. The summed E-state index contributed by atoms with van der Waals surface area (Å²) in [5.74, 6) is 0.191. The molecule has 0 aliphatic carbocycles. The molecule has 0 saturated carbocycles. The van der Waals surface area contributed by atoms with E-state index in [-0.39, 0.29) is 11.9 Å². The monoisotopic (exact) mass is 345 g/mol. The maximum absolute atomic E-state index is 12.7. The zero-order valence-corrected chi connectivity index (χ0v) is 16.2. The Morgan fingerprint density at radius 3 is 2.56 bits per heavy atom. The molecule has 0 spiro atoms. The summed E-state index contributed by atoms with van der Waals surface area (Å²) in [5, 5.41) is 3.25. The fourth-order valence-corrected chi connectivity index (χ4v) is 3.93. The molecule has 2 atom stereocenters. The van der Waals surface area contributed by atoms with Crippen LogP contribution in [0.5, 0.6) is 0 Å². The van der Waals surface area contributed by atoms with E-state index >= 15 is 0 Å². The van der Waals surface area contributed by atoms with Crippen LogP contribution in [-0.4, -0.2) is 54.0 Å². The van der Waals surface area contributed by atoms with Crippen molar-refractivity contribution in [1.29, 1.82) is 0 Å². The lowest BCUT2D eigenvalue weighted by Crippen LogP contribution is -2.51. The lowest BCUT2D eigenvalue weighted by Gasteiger charge is -2.36. The van der Waals surface area contributed by atoms with E-state index in [1.807, 2.05) is 0 Å². The molecule has 4 nitrogen and oxygen atoms in total. The number of likely N-dealkylation sites (N-methyl/N-ethyl adjacent to an activating group) is 1. The quantitative estimate of drug-likeness (QED) is 0.746. The van der Waals surface area contributed by atoms with Gasteiger partial charge in [0.2, 0.25) is 5.91 Å². The molecule has 2 rings (SSSR count). The van der Waals surface area contributed by atoms with Crippen LogP contribution in [0.2, 0.25) is 0 Å². The highest BCUT2D eigenvalue weighted by Crippen LogP contribution is 2.19. The Hall–Kier alpha value is -1.39. The number of rotatable bonds is 9. The summed E-state index contributed by atoms with van der Waals surface area (Å²) < 4.78 is 0. The van der Waals surface area contributed by atoms with E-state index in [0.717, 1.165) is 39.1 Å². The van der Waals surface area contributed by atoms with Crippen LogP contribution in [0.15, 0.2) is 30.3 Å². The minimum Gasteiger partial charge on any atom is -0.353 e. The molecule has 1 amide bonds. The first-order chi connectivity index (χ1) is 12.2. The largest absolute Gasteiger partial charge is 0.353 e. The van der Waals surface area contributed by atoms with Gasteiger partial charge in [-0.25, -0.2) is 0 Å². The van der Waals surface area contributed by atoms with Crippen molar-refractivity contribution in [2.24, 2.45) is 0 Å². The Labute approximate surface area is 153 Å². The normalized spacial score (nSPS) is 19.8. The number of amides is 1. The molecule has 0 radical (unpaired) electrons. The standard InChI is InChI=1S/C21H35N3O/c1-4-20(23(5-2)6-3)21(25)22-16-19-14-10-11-15-24(19)17-18-12-8-7-9-13-18/h7-9,12-13,19-20H,4-6,10-11,14-17H2,1-3H3,(H,22,25). The molecular weight excluding hydrogens is 310 g/mol. The van der Waals surface area contributed by atoms with E-state index in [1.165, 1.54) is 24.8 Å². The summed E-state index contributed by atoms with van der Waals surface area (Å²) in [4.78, 5) is 17.5. The van der Waals surface area contributed by atoms with Crippen LogP contribution in [0.25, 0.3) is 0 Å². The molecule has 1 heterocycles. The summed E-state index contributed by atoms with van der Waals surface area (Å²) in [6.45, 7) is 11.1. The topological polar surface area (TPSA) is 35.6 Å². The number of piperidine rings is 1. The maximum Gasteiger partial charge on any atom is 0.237 e. The maximum atomic E-state index is 12.7. The van der Waals surface area contributed by atoms with Gasteiger partial charge < -0.3 is 5.32 Å². The first-order valence-electron chi connectivity index (χ1n) is 9.99. The van der Waals surface area contributed by atoms with Crippen LogP contribution in [-0.2, 0) is 11.3 Å². The van der Waals surface area contributed by atoms with Gasteiger partial charge in [0.25, 0.3) is 0 Å². The van der Waals surface area contributed by atoms with E-state index in [2.05, 4.69) is 66.2 Å². The molecular formula is C21H35N3O. The molecule has 1 saturated heterocycles. The summed E-state index contributed by atoms with van der Waals surface area (Å²) in [5.41, 5.74) is 1.36. The van der Waals surface area contributed by atoms with Gasteiger partial charge in [0.15, 0.2) is 0 Å². The summed E-state index contributed by atoms with van der Waals surface area (Å²) >= 11 is 0. The van der Waals surface area contributed by atoms with Crippen molar-refractivity contribution in [1.82, 2.24) is 15.1 Å². The SMILES string of the molecule is CCC(C(=O)NCC1CCCCN1Cc1ccccc1)N(CC)CC. The van der Waals surface area contributed by atoms with Gasteiger partial charge in [0, 0.05) is 19.1 Å². The van der Waals surface area contributed by atoms with E-state index in [0.29, 0.717) is 6.04 Å². The molecule has 1 aromatic rings. The fourth-order valence-electron chi connectivity index (χ4n) is 3.93. The number of hydrogen-bond acceptors (Lipinski definition) is 3. The van der Waals surface area contributed by atoms with Crippen molar-refractivity contribution >= 4 is 5.91 Å². The third kappa shape index (κ3) is 5.82. The van der Waals surface area contributed by atoms with Gasteiger partial charge in [0.05, 0.1) is 6.04 Å². The fraction of sp³-hybridized carbons (Fsp3) is 0.667. The van der Waals surface area contributed by atoms with E-state index < -0.39 is 0 Å². The summed E-state index contributed by atoms with van der Waals surface area (Å²) in [7, 11) is 0. The zero-order chi connectivity index (χ0) is 18.1. The van der Waals surface area contributed by atoms with Crippen molar-refractivity contribution in [3.05, 3.63) is 35.9 Å². The minimum absolute atomic E-state index is 0.00108. The third-order valence-corrected chi connectivity index (χ3v) is 5.43. The number of carbonyl (C=O) groups excluding carboxylic acids is 1. The van der Waals surface area contributed by atoms with Crippen molar-refractivity contribution in [3.63, 3.8) is 0 Å². The van der Waals surface area contributed by atoms with Gasteiger partial charge >= 0.3 is 0 Å². The molecule has 1 aliphatic heterocycles. The van der Waals surface area contributed by atoms with E-state index in [1.54, 1.807) is 0 Å². The Balaban J connectivity index is 1.91. The molecule has 2 unspecified atom stereocenters. The highest BCUT2D eigenvalue weighted by molar-refractivity contribution is 5.81. The number of nitrogens with one attached hydrogen (secondary N) is 1. The predicted molar refractivity (Wildman–Crippen MR) is 105 cm³/mol. The molecule has 1 aromatic carbocycles. The number of benzene rings is 1. The average molecular weight is 346 g/mol. The van der Waals surface area contributed by atoms with Crippen molar-refractivity contribution < 1.29 is 4.79 Å². The Morgan fingerprint density at radius 2 is 1.92 bits per heavy atom. The van der Waals surface area contributed by atoms with Gasteiger partial charge in [-0.3, -0.25) is 14.6 Å². The second kappa shape index (κ2) is 10.6. The molecule has 4 heteroatoms. The van der Waals surface area contributed by atoms with Gasteiger partial charge in [-0.2, -0.15) is 0 Å². The number of nitrogens with zero attached hydrogens (tertiary/aromatic N) is 2. The van der Waals surface area contributed by atoms with Crippen LogP contribution >= 0.6 is 0 Å². The van der Waals surface area contributed by atoms with Crippen LogP contribution < -0.4 is 5.32 Å². The van der Waals surface area contributed by atoms with Gasteiger partial charge in [-0.15, -0.1) is 0 Å². The minimum atomic E-state index is 0.00108. The van der Waals surface area contributed by atoms with Crippen LogP contribution in [0.3, 0.4) is 0 Å². The number of hydrogen-bond donors (Lipinski definition) is 1. The third-order valence-electron chi connectivity index (χ3n) is 5.43. The van der Waals surface area contributed by atoms with Gasteiger partial charge in [-0.05, 0) is 44.5 Å². The van der Waals surface area contributed by atoms with Crippen molar-refractivity contribution in [2.45, 2.75) is 65.1 Å². The second-order valence-corrected chi connectivity index (χ2v) is 7.00. The Bertz CT molecular complexity index is 501. The van der Waals surface area contributed by atoms with Crippen LogP contribution in [0.4, 0.5) is 0 Å². The molecule has 1 N–H and O–H groups in total.